The number of nitrogens with zero attached hydrogens (tertiary/aromatic N) is 1. The largest absolute Gasteiger partial charge is 0.385 e. The molecule has 0 bridgehead atoms. The Kier molecular flexibility index (Phi) is 6.64. The Morgan fingerprint density at radius 1 is 1.24 bits per heavy atom. The second-order valence-corrected chi connectivity index (χ2v) is 5.48. The number of benzene rings is 1. The van der Waals surface area contributed by atoms with Crippen LogP contribution in [0.2, 0.25) is 0 Å². The molecule has 1 aromatic carbocycles. The summed E-state index contributed by atoms with van der Waals surface area (Å²) in [6.45, 7) is 4.11. The van der Waals surface area contributed by atoms with E-state index in [-0.39, 0.29) is 0 Å². The highest BCUT2D eigenvalue weighted by atomic mass is 16.5. The van der Waals surface area contributed by atoms with Crippen LogP contribution in [0.5, 0.6) is 0 Å². The van der Waals surface area contributed by atoms with E-state index in [0.29, 0.717) is 6.04 Å². The molecule has 1 heterocycles. The van der Waals surface area contributed by atoms with E-state index in [1.807, 2.05) is 12.3 Å². The predicted molar refractivity (Wildman–Crippen MR) is 88.6 cm³/mol. The van der Waals surface area contributed by atoms with Gasteiger partial charge >= 0.3 is 0 Å². The van der Waals surface area contributed by atoms with Gasteiger partial charge in [-0.25, -0.2) is 0 Å². The lowest BCUT2D eigenvalue weighted by Crippen LogP contribution is -2.32. The Morgan fingerprint density at radius 2 is 2.10 bits per heavy atom. The van der Waals surface area contributed by atoms with Gasteiger partial charge in [0.2, 0.25) is 0 Å². The average molecular weight is 286 g/mol. The van der Waals surface area contributed by atoms with Crippen molar-refractivity contribution in [1.82, 2.24) is 10.3 Å². The number of ether oxygens (including phenoxy) is 1. The van der Waals surface area contributed by atoms with Gasteiger partial charge in [0.1, 0.15) is 0 Å². The van der Waals surface area contributed by atoms with Crippen LogP contribution in [0.1, 0.15) is 31.7 Å². The molecule has 114 valence electrons. The first-order valence-corrected chi connectivity index (χ1v) is 7.90. The van der Waals surface area contributed by atoms with Gasteiger partial charge in [0.15, 0.2) is 0 Å². The molecule has 3 nitrogen and oxygen atoms in total. The molecular formula is C18H26N2O. The Balaban J connectivity index is 2.09. The van der Waals surface area contributed by atoms with Crippen LogP contribution in [0.4, 0.5) is 0 Å². The maximum absolute atomic E-state index is 5.18. The second kappa shape index (κ2) is 8.75. The molecule has 0 aliphatic carbocycles. The van der Waals surface area contributed by atoms with Gasteiger partial charge in [-0.2, -0.15) is 0 Å². The normalized spacial score (nSPS) is 12.7. The quantitative estimate of drug-likeness (QED) is 0.716. The van der Waals surface area contributed by atoms with Crippen molar-refractivity contribution in [1.29, 1.82) is 0 Å². The maximum atomic E-state index is 5.18. The zero-order valence-electron chi connectivity index (χ0n) is 13.1. The molecule has 0 radical (unpaired) electrons. The molecule has 1 aromatic heterocycles. The number of aromatic nitrogens is 1. The number of hydrogen-bond acceptors (Lipinski definition) is 3. The van der Waals surface area contributed by atoms with Crippen molar-refractivity contribution in [2.75, 3.05) is 20.3 Å². The fourth-order valence-corrected chi connectivity index (χ4v) is 2.70. The first-order valence-electron chi connectivity index (χ1n) is 7.90. The van der Waals surface area contributed by atoms with Crippen molar-refractivity contribution < 1.29 is 4.74 Å². The van der Waals surface area contributed by atoms with Gasteiger partial charge in [-0.1, -0.05) is 25.1 Å². The smallest absolute Gasteiger partial charge is 0.0704 e. The van der Waals surface area contributed by atoms with Crippen molar-refractivity contribution in [3.05, 3.63) is 42.1 Å². The van der Waals surface area contributed by atoms with Gasteiger partial charge in [-0.3, -0.25) is 4.98 Å². The van der Waals surface area contributed by atoms with Gasteiger partial charge < -0.3 is 10.1 Å². The van der Waals surface area contributed by atoms with Gasteiger partial charge in [0.25, 0.3) is 0 Å². The van der Waals surface area contributed by atoms with Crippen molar-refractivity contribution in [2.24, 2.45) is 0 Å². The van der Waals surface area contributed by atoms with Crippen molar-refractivity contribution in [3.63, 3.8) is 0 Å². The van der Waals surface area contributed by atoms with Crippen molar-refractivity contribution in [3.8, 4) is 0 Å². The van der Waals surface area contributed by atoms with Crippen LogP contribution in [0.25, 0.3) is 10.9 Å². The topological polar surface area (TPSA) is 34.1 Å². The van der Waals surface area contributed by atoms with E-state index in [4.69, 9.17) is 4.74 Å². The summed E-state index contributed by atoms with van der Waals surface area (Å²) in [5.41, 5.74) is 2.47. The van der Waals surface area contributed by atoms with E-state index in [1.54, 1.807) is 7.11 Å². The van der Waals surface area contributed by atoms with Crippen LogP contribution in [0.3, 0.4) is 0 Å². The summed E-state index contributed by atoms with van der Waals surface area (Å²) in [6, 6.07) is 11.0. The summed E-state index contributed by atoms with van der Waals surface area (Å²) in [6.07, 6.45) is 6.37. The Labute approximate surface area is 127 Å². The first kappa shape index (κ1) is 15.9. The third kappa shape index (κ3) is 4.80. The molecule has 0 spiro atoms. The third-order valence-corrected chi connectivity index (χ3v) is 3.79. The monoisotopic (exact) mass is 286 g/mol. The highest BCUT2D eigenvalue weighted by Gasteiger charge is 2.11. The molecule has 0 fully saturated rings. The molecule has 1 N–H and O–H groups in total. The summed E-state index contributed by atoms with van der Waals surface area (Å²) in [7, 11) is 1.77. The van der Waals surface area contributed by atoms with Crippen LogP contribution in [0.15, 0.2) is 36.5 Å². The summed E-state index contributed by atoms with van der Waals surface area (Å²) < 4.78 is 5.18. The van der Waals surface area contributed by atoms with Crippen LogP contribution in [0, 0.1) is 0 Å². The standard InChI is InChI=1S/C18H26N2O/c1-3-11-19-16(7-6-13-21-2)14-15-10-12-20-18-9-5-4-8-17(15)18/h4-5,8-10,12,16,19H,3,6-7,11,13-14H2,1-2H3. The zero-order valence-corrected chi connectivity index (χ0v) is 13.1. The third-order valence-electron chi connectivity index (χ3n) is 3.79. The lowest BCUT2D eigenvalue weighted by atomic mass is 9.99. The predicted octanol–water partition coefficient (Wildman–Crippen LogP) is 3.57. The SMILES string of the molecule is CCCNC(CCCOC)Cc1ccnc2ccccc12. The molecule has 0 saturated carbocycles. The van der Waals surface area contributed by atoms with E-state index in [1.165, 1.54) is 10.9 Å². The maximum Gasteiger partial charge on any atom is 0.0704 e. The molecule has 21 heavy (non-hydrogen) atoms. The summed E-state index contributed by atoms with van der Waals surface area (Å²) >= 11 is 0. The van der Waals surface area contributed by atoms with Gasteiger partial charge in [-0.15, -0.1) is 0 Å². The van der Waals surface area contributed by atoms with Crippen LogP contribution >= 0.6 is 0 Å². The Bertz CT molecular complexity index is 536. The van der Waals surface area contributed by atoms with Gasteiger partial charge in [0, 0.05) is 31.3 Å². The molecule has 2 rings (SSSR count). The number of nitrogens with one attached hydrogen (secondary N) is 1. The van der Waals surface area contributed by atoms with Crippen molar-refractivity contribution in [2.45, 2.75) is 38.6 Å². The van der Waals surface area contributed by atoms with E-state index in [9.17, 15) is 0 Å². The number of pyridine rings is 1. The van der Waals surface area contributed by atoms with E-state index < -0.39 is 0 Å². The van der Waals surface area contributed by atoms with E-state index in [2.05, 4.69) is 41.5 Å². The average Bonchev–Trinajstić information content (AvgIpc) is 2.53. The fourth-order valence-electron chi connectivity index (χ4n) is 2.70. The lowest BCUT2D eigenvalue weighted by molar-refractivity contribution is 0.188. The molecular weight excluding hydrogens is 260 g/mol. The van der Waals surface area contributed by atoms with Gasteiger partial charge in [0.05, 0.1) is 5.52 Å². The van der Waals surface area contributed by atoms with E-state index in [0.717, 1.165) is 44.4 Å². The number of para-hydroxylation sites is 1. The number of methoxy groups -OCH3 is 1. The fraction of sp³-hybridized carbons (Fsp3) is 0.500. The Hall–Kier alpha value is -1.45. The van der Waals surface area contributed by atoms with E-state index >= 15 is 0 Å². The summed E-state index contributed by atoms with van der Waals surface area (Å²) in [5, 5.41) is 4.94. The zero-order chi connectivity index (χ0) is 14.9. The lowest BCUT2D eigenvalue weighted by Gasteiger charge is -2.19. The molecule has 0 amide bonds. The Morgan fingerprint density at radius 3 is 2.90 bits per heavy atom. The molecule has 2 aromatic rings. The molecule has 1 atom stereocenters. The summed E-state index contributed by atoms with van der Waals surface area (Å²) in [5.74, 6) is 0. The highest BCUT2D eigenvalue weighted by Crippen LogP contribution is 2.18. The van der Waals surface area contributed by atoms with Gasteiger partial charge in [-0.05, 0) is 49.9 Å². The highest BCUT2D eigenvalue weighted by molar-refractivity contribution is 5.81. The number of rotatable bonds is 9. The molecule has 3 heteroatoms. The second-order valence-electron chi connectivity index (χ2n) is 5.48. The van der Waals surface area contributed by atoms with Crippen LogP contribution in [-0.4, -0.2) is 31.3 Å². The first-order chi connectivity index (χ1) is 10.3. The summed E-state index contributed by atoms with van der Waals surface area (Å²) in [4.78, 5) is 4.45. The number of hydrogen-bond donors (Lipinski definition) is 1. The molecule has 0 aliphatic heterocycles. The molecule has 0 aliphatic rings. The van der Waals surface area contributed by atoms with Crippen LogP contribution in [-0.2, 0) is 11.2 Å². The van der Waals surface area contributed by atoms with Crippen LogP contribution < -0.4 is 5.32 Å². The molecule has 0 saturated heterocycles. The van der Waals surface area contributed by atoms with Crippen molar-refractivity contribution >= 4 is 10.9 Å². The number of fused-ring (bicyclic) bond motifs is 1. The minimum Gasteiger partial charge on any atom is -0.385 e. The minimum atomic E-state index is 0.505. The molecule has 1 unspecified atom stereocenters. The minimum absolute atomic E-state index is 0.505.